The van der Waals surface area contributed by atoms with Crippen LogP contribution in [-0.2, 0) is 0 Å². The molecule has 0 aromatic heterocycles. The van der Waals surface area contributed by atoms with E-state index >= 15 is 0 Å². The Morgan fingerprint density at radius 1 is 0.188 bits per heavy atom. The van der Waals surface area contributed by atoms with Crippen molar-refractivity contribution in [1.82, 2.24) is 0 Å². The molecule has 0 N–H and O–H groups in total. The predicted molar refractivity (Wildman–Crippen MR) is 208 cm³/mol. The van der Waals surface area contributed by atoms with Crippen LogP contribution >= 0.6 is 0 Å². The lowest BCUT2D eigenvalue weighted by Gasteiger charge is -2.18. The number of hydrogen-bond donors (Lipinski definition) is 0. The summed E-state index contributed by atoms with van der Waals surface area (Å²) in [6, 6.07) is 67.1. The Hall–Kier alpha value is -6.24. The van der Waals surface area contributed by atoms with Gasteiger partial charge in [0.2, 0.25) is 0 Å². The number of benzene rings is 10. The molecular formula is C48H30. The lowest BCUT2D eigenvalue weighted by molar-refractivity contribution is 1.63. The van der Waals surface area contributed by atoms with E-state index in [1.54, 1.807) is 0 Å². The first-order chi connectivity index (χ1) is 23.8. The van der Waals surface area contributed by atoms with Crippen LogP contribution in [0.4, 0.5) is 0 Å². The van der Waals surface area contributed by atoms with Crippen LogP contribution < -0.4 is 0 Å². The van der Waals surface area contributed by atoms with Crippen molar-refractivity contribution < 1.29 is 0 Å². The fraction of sp³-hybridized carbons (Fsp3) is 0. The molecule has 0 fully saturated rings. The Balaban J connectivity index is 1.20. The zero-order valence-corrected chi connectivity index (χ0v) is 26.3. The fourth-order valence-electron chi connectivity index (χ4n) is 8.04. The van der Waals surface area contributed by atoms with Crippen LogP contribution in [0.1, 0.15) is 0 Å². The van der Waals surface area contributed by atoms with Crippen molar-refractivity contribution >= 4 is 64.6 Å². The molecule has 0 atom stereocenters. The minimum absolute atomic E-state index is 1.22. The van der Waals surface area contributed by atoms with Gasteiger partial charge in [0.1, 0.15) is 0 Å². The summed E-state index contributed by atoms with van der Waals surface area (Å²) in [6.07, 6.45) is 0. The van der Waals surface area contributed by atoms with E-state index in [9.17, 15) is 0 Å². The average Bonchev–Trinajstić information content (AvgIpc) is 3.16. The maximum Gasteiger partial charge on any atom is -0.00262 e. The molecule has 48 heavy (non-hydrogen) atoms. The molecule has 0 amide bonds. The topological polar surface area (TPSA) is 0 Å². The SMILES string of the molecule is c1cc(-c2ccc3c4ccccc4c4ccccc4c3c2)cc(-c2c3ccccc3c(-c3ccc4ccccc4c3)c3ccccc23)c1. The molecule has 0 unspecified atom stereocenters. The maximum atomic E-state index is 2.39. The lowest BCUT2D eigenvalue weighted by Crippen LogP contribution is -1.91. The maximum absolute atomic E-state index is 2.39. The highest BCUT2D eigenvalue weighted by Crippen LogP contribution is 2.45. The van der Waals surface area contributed by atoms with Crippen molar-refractivity contribution in [2.45, 2.75) is 0 Å². The Labute approximate surface area is 279 Å². The minimum Gasteiger partial charge on any atom is -0.0616 e. The molecule has 0 aliphatic carbocycles. The highest BCUT2D eigenvalue weighted by atomic mass is 14.2. The molecule has 0 saturated heterocycles. The molecule has 0 heteroatoms. The summed E-state index contributed by atoms with van der Waals surface area (Å²) < 4.78 is 0. The van der Waals surface area contributed by atoms with Crippen LogP contribution in [0.5, 0.6) is 0 Å². The van der Waals surface area contributed by atoms with Gasteiger partial charge in [-0.25, -0.2) is 0 Å². The molecule has 0 spiro atoms. The third kappa shape index (κ3) is 4.10. The molecule has 0 radical (unpaired) electrons. The van der Waals surface area contributed by atoms with E-state index in [1.165, 1.54) is 98.0 Å². The molecule has 0 bridgehead atoms. The van der Waals surface area contributed by atoms with Gasteiger partial charge in [-0.3, -0.25) is 0 Å². The molecule has 0 heterocycles. The summed E-state index contributed by atoms with van der Waals surface area (Å²) in [6.45, 7) is 0. The second-order valence-electron chi connectivity index (χ2n) is 12.8. The van der Waals surface area contributed by atoms with Gasteiger partial charge in [-0.05, 0) is 116 Å². The minimum atomic E-state index is 1.22. The fourth-order valence-corrected chi connectivity index (χ4v) is 8.04. The van der Waals surface area contributed by atoms with Crippen LogP contribution in [0.3, 0.4) is 0 Å². The van der Waals surface area contributed by atoms with E-state index in [0.717, 1.165) is 0 Å². The second kappa shape index (κ2) is 10.7. The first kappa shape index (κ1) is 26.9. The van der Waals surface area contributed by atoms with E-state index in [2.05, 4.69) is 182 Å². The monoisotopic (exact) mass is 606 g/mol. The van der Waals surface area contributed by atoms with E-state index < -0.39 is 0 Å². The molecular weight excluding hydrogens is 577 g/mol. The van der Waals surface area contributed by atoms with Gasteiger partial charge in [0, 0.05) is 0 Å². The summed E-state index contributed by atoms with van der Waals surface area (Å²) in [5, 5.41) is 15.4. The molecule has 10 rings (SSSR count). The first-order valence-electron chi connectivity index (χ1n) is 16.7. The van der Waals surface area contributed by atoms with Crippen molar-refractivity contribution in [3.63, 3.8) is 0 Å². The third-order valence-electron chi connectivity index (χ3n) is 10.2. The predicted octanol–water partition coefficient (Wildman–Crippen LogP) is 13.6. The second-order valence-corrected chi connectivity index (χ2v) is 12.8. The Kier molecular flexibility index (Phi) is 5.98. The molecule has 222 valence electrons. The van der Waals surface area contributed by atoms with Crippen LogP contribution in [0.2, 0.25) is 0 Å². The van der Waals surface area contributed by atoms with Gasteiger partial charge < -0.3 is 0 Å². The van der Waals surface area contributed by atoms with Gasteiger partial charge in [-0.15, -0.1) is 0 Å². The van der Waals surface area contributed by atoms with Gasteiger partial charge in [-0.2, -0.15) is 0 Å². The van der Waals surface area contributed by atoms with Gasteiger partial charge in [0.15, 0.2) is 0 Å². The van der Waals surface area contributed by atoms with Gasteiger partial charge in [0.05, 0.1) is 0 Å². The highest BCUT2D eigenvalue weighted by molar-refractivity contribution is 6.26. The zero-order chi connectivity index (χ0) is 31.6. The van der Waals surface area contributed by atoms with Gasteiger partial charge in [0.25, 0.3) is 0 Å². The van der Waals surface area contributed by atoms with Gasteiger partial charge in [-0.1, -0.05) is 164 Å². The Morgan fingerprint density at radius 2 is 0.583 bits per heavy atom. The van der Waals surface area contributed by atoms with Crippen LogP contribution in [0.15, 0.2) is 182 Å². The lowest BCUT2D eigenvalue weighted by atomic mass is 9.85. The van der Waals surface area contributed by atoms with Crippen molar-refractivity contribution in [3.05, 3.63) is 182 Å². The quantitative estimate of drug-likeness (QED) is 0.139. The van der Waals surface area contributed by atoms with Crippen LogP contribution in [-0.4, -0.2) is 0 Å². The van der Waals surface area contributed by atoms with E-state index in [-0.39, 0.29) is 0 Å². The standard InChI is InChI=1S/C48H30/c1-2-13-32-28-36(25-24-31(32)12-1)48-44-22-9-7-20-42(44)47(43-21-8-10-23-45(43)48)35-15-11-14-33(29-35)34-26-27-41-39-18-4-3-16-37(39)38-17-5-6-19-40(38)46(41)30-34/h1-30H. The summed E-state index contributed by atoms with van der Waals surface area (Å²) >= 11 is 0. The first-order valence-corrected chi connectivity index (χ1v) is 16.7. The highest BCUT2D eigenvalue weighted by Gasteiger charge is 2.17. The average molecular weight is 607 g/mol. The van der Waals surface area contributed by atoms with Gasteiger partial charge >= 0.3 is 0 Å². The molecule has 0 saturated carbocycles. The zero-order valence-electron chi connectivity index (χ0n) is 26.3. The Bertz CT molecular complexity index is 2800. The number of rotatable bonds is 3. The van der Waals surface area contributed by atoms with Crippen molar-refractivity contribution in [2.75, 3.05) is 0 Å². The smallest absolute Gasteiger partial charge is 0.00262 e. The van der Waals surface area contributed by atoms with Crippen molar-refractivity contribution in [3.8, 4) is 33.4 Å². The summed E-state index contributed by atoms with van der Waals surface area (Å²) in [5.74, 6) is 0. The number of fused-ring (bicyclic) bond motifs is 9. The number of hydrogen-bond acceptors (Lipinski definition) is 0. The Morgan fingerprint density at radius 3 is 1.17 bits per heavy atom. The van der Waals surface area contributed by atoms with E-state index in [0.29, 0.717) is 0 Å². The molecule has 0 aliphatic rings. The normalized spacial score (nSPS) is 11.8. The van der Waals surface area contributed by atoms with Crippen LogP contribution in [0, 0.1) is 0 Å². The molecule has 10 aromatic carbocycles. The molecule has 0 nitrogen and oxygen atoms in total. The molecule has 10 aromatic rings. The summed E-state index contributed by atoms with van der Waals surface area (Å²) in [4.78, 5) is 0. The third-order valence-corrected chi connectivity index (χ3v) is 10.2. The van der Waals surface area contributed by atoms with Crippen LogP contribution in [0.25, 0.3) is 98.0 Å². The van der Waals surface area contributed by atoms with E-state index in [1.807, 2.05) is 0 Å². The summed E-state index contributed by atoms with van der Waals surface area (Å²) in [5.41, 5.74) is 7.50. The van der Waals surface area contributed by atoms with Crippen molar-refractivity contribution in [1.29, 1.82) is 0 Å². The molecule has 0 aliphatic heterocycles. The van der Waals surface area contributed by atoms with E-state index in [4.69, 9.17) is 0 Å². The largest absolute Gasteiger partial charge is 0.0616 e. The summed E-state index contributed by atoms with van der Waals surface area (Å²) in [7, 11) is 0. The van der Waals surface area contributed by atoms with Crippen molar-refractivity contribution in [2.24, 2.45) is 0 Å².